The first-order valence-corrected chi connectivity index (χ1v) is 5.34. The van der Waals surface area contributed by atoms with Gasteiger partial charge in [0.25, 0.3) is 5.56 Å². The molecule has 3 heterocycles. The summed E-state index contributed by atoms with van der Waals surface area (Å²) in [6.45, 7) is 0. The van der Waals surface area contributed by atoms with E-state index in [9.17, 15) is 4.79 Å². The lowest BCUT2D eigenvalue weighted by Crippen LogP contribution is -2.08. The summed E-state index contributed by atoms with van der Waals surface area (Å²) in [5, 5.41) is 8.84. The third-order valence-electron chi connectivity index (χ3n) is 2.75. The molecule has 0 aliphatic heterocycles. The van der Waals surface area contributed by atoms with Crippen LogP contribution >= 0.6 is 0 Å². The van der Waals surface area contributed by atoms with E-state index in [1.807, 2.05) is 35.0 Å². The van der Waals surface area contributed by atoms with E-state index < -0.39 is 0 Å². The highest BCUT2D eigenvalue weighted by molar-refractivity contribution is 5.65. The second-order valence-electron chi connectivity index (χ2n) is 3.85. The van der Waals surface area contributed by atoms with E-state index in [0.29, 0.717) is 0 Å². The van der Waals surface area contributed by atoms with Crippen molar-refractivity contribution in [2.24, 2.45) is 0 Å². The Balaban J connectivity index is 2.19. The van der Waals surface area contributed by atoms with Gasteiger partial charge in [-0.05, 0) is 23.8 Å². The first kappa shape index (κ1) is 10.3. The third kappa shape index (κ3) is 1.57. The molecular formula is C13H8N4O. The van der Waals surface area contributed by atoms with E-state index in [1.54, 1.807) is 18.5 Å². The molecule has 3 rings (SSSR count). The molecule has 1 N–H and O–H groups in total. The highest BCUT2D eigenvalue weighted by Crippen LogP contribution is 2.18. The molecule has 0 spiro atoms. The van der Waals surface area contributed by atoms with Crippen LogP contribution in [0.25, 0.3) is 16.8 Å². The number of hydrogen-bond donors (Lipinski definition) is 1. The molecule has 3 aromatic heterocycles. The van der Waals surface area contributed by atoms with Crippen molar-refractivity contribution in [1.29, 1.82) is 5.26 Å². The van der Waals surface area contributed by atoms with E-state index in [-0.39, 0.29) is 11.1 Å². The number of imidazole rings is 1. The van der Waals surface area contributed by atoms with Gasteiger partial charge in [-0.25, -0.2) is 4.98 Å². The van der Waals surface area contributed by atoms with Crippen LogP contribution < -0.4 is 5.56 Å². The van der Waals surface area contributed by atoms with Crippen LogP contribution in [0.3, 0.4) is 0 Å². The van der Waals surface area contributed by atoms with Gasteiger partial charge < -0.3 is 9.38 Å². The third-order valence-corrected chi connectivity index (χ3v) is 2.75. The van der Waals surface area contributed by atoms with Crippen molar-refractivity contribution in [3.05, 3.63) is 58.9 Å². The molecule has 0 unspecified atom stereocenters. The average Bonchev–Trinajstić information content (AvgIpc) is 2.86. The molecule has 3 aromatic rings. The van der Waals surface area contributed by atoms with Gasteiger partial charge in [0.05, 0.1) is 0 Å². The number of nitriles is 1. The van der Waals surface area contributed by atoms with Gasteiger partial charge in [-0.15, -0.1) is 0 Å². The van der Waals surface area contributed by atoms with Crippen molar-refractivity contribution in [2.75, 3.05) is 0 Å². The Kier molecular flexibility index (Phi) is 2.21. The summed E-state index contributed by atoms with van der Waals surface area (Å²) in [5.41, 5.74) is 2.29. The molecule has 0 amide bonds. The normalized spacial score (nSPS) is 10.4. The van der Waals surface area contributed by atoms with Crippen molar-refractivity contribution >= 4 is 5.65 Å². The highest BCUT2D eigenvalue weighted by Gasteiger charge is 2.04. The molecule has 5 heteroatoms. The van der Waals surface area contributed by atoms with E-state index in [1.165, 1.54) is 0 Å². The minimum absolute atomic E-state index is 0.109. The fraction of sp³-hybridized carbons (Fsp3) is 0. The molecule has 0 aliphatic carbocycles. The van der Waals surface area contributed by atoms with E-state index in [0.717, 1.165) is 16.8 Å². The first-order chi connectivity index (χ1) is 8.78. The van der Waals surface area contributed by atoms with Crippen LogP contribution in [0.1, 0.15) is 5.56 Å². The maximum Gasteiger partial charge on any atom is 0.265 e. The predicted molar refractivity (Wildman–Crippen MR) is 66.0 cm³/mol. The number of nitrogens with zero attached hydrogens (tertiary/aromatic N) is 3. The van der Waals surface area contributed by atoms with Crippen molar-refractivity contribution in [1.82, 2.24) is 14.4 Å². The van der Waals surface area contributed by atoms with Crippen LogP contribution in [0.5, 0.6) is 0 Å². The molecule has 0 saturated heterocycles. The standard InChI is InChI=1S/C13H8N4O/c14-6-10-5-11(7-16-13(10)18)9-1-2-12-15-3-4-17(12)8-9/h1-5,7-8H,(H,16,18). The summed E-state index contributed by atoms with van der Waals surface area (Å²) >= 11 is 0. The average molecular weight is 236 g/mol. The smallest absolute Gasteiger partial charge is 0.265 e. The number of H-pyrrole nitrogens is 1. The number of pyridine rings is 2. The maximum absolute atomic E-state index is 11.3. The van der Waals surface area contributed by atoms with Gasteiger partial charge in [0.2, 0.25) is 0 Å². The van der Waals surface area contributed by atoms with E-state index in [2.05, 4.69) is 9.97 Å². The summed E-state index contributed by atoms with van der Waals surface area (Å²) in [4.78, 5) is 18.0. The van der Waals surface area contributed by atoms with Crippen LogP contribution in [-0.4, -0.2) is 14.4 Å². The lowest BCUT2D eigenvalue weighted by Gasteiger charge is -2.02. The van der Waals surface area contributed by atoms with Crippen LogP contribution in [0.4, 0.5) is 0 Å². The first-order valence-electron chi connectivity index (χ1n) is 5.34. The Morgan fingerprint density at radius 3 is 3.06 bits per heavy atom. The molecule has 0 aliphatic rings. The summed E-state index contributed by atoms with van der Waals surface area (Å²) in [6.07, 6.45) is 7.06. The Labute approximate surface area is 102 Å². The van der Waals surface area contributed by atoms with Gasteiger partial charge in [0.15, 0.2) is 0 Å². The number of nitrogens with one attached hydrogen (secondary N) is 1. The van der Waals surface area contributed by atoms with Crippen LogP contribution in [0.15, 0.2) is 47.8 Å². The van der Waals surface area contributed by atoms with Crippen molar-refractivity contribution in [3.63, 3.8) is 0 Å². The molecule has 0 bridgehead atoms. The second kappa shape index (κ2) is 3.86. The minimum atomic E-state index is -0.370. The van der Waals surface area contributed by atoms with Crippen LogP contribution in [0.2, 0.25) is 0 Å². The van der Waals surface area contributed by atoms with Gasteiger partial charge >= 0.3 is 0 Å². The fourth-order valence-corrected chi connectivity index (χ4v) is 1.82. The SMILES string of the molecule is N#Cc1cc(-c2ccc3nccn3c2)c[nH]c1=O. The fourth-order valence-electron chi connectivity index (χ4n) is 1.82. The molecule has 86 valence electrons. The van der Waals surface area contributed by atoms with Crippen LogP contribution in [0, 0.1) is 11.3 Å². The lowest BCUT2D eigenvalue weighted by molar-refractivity contribution is 1.18. The van der Waals surface area contributed by atoms with Gasteiger partial charge in [-0.3, -0.25) is 4.79 Å². The predicted octanol–water partition coefficient (Wildman–Crippen LogP) is 1.56. The Morgan fingerprint density at radius 2 is 2.22 bits per heavy atom. The summed E-state index contributed by atoms with van der Waals surface area (Å²) in [6, 6.07) is 7.24. The Bertz CT molecular complexity index is 823. The van der Waals surface area contributed by atoms with Crippen molar-refractivity contribution < 1.29 is 0 Å². The van der Waals surface area contributed by atoms with E-state index >= 15 is 0 Å². The molecule has 0 atom stereocenters. The number of aromatic nitrogens is 3. The molecule has 0 saturated carbocycles. The van der Waals surface area contributed by atoms with Crippen molar-refractivity contribution in [2.45, 2.75) is 0 Å². The molecule has 18 heavy (non-hydrogen) atoms. The highest BCUT2D eigenvalue weighted by atomic mass is 16.1. The van der Waals surface area contributed by atoms with Gasteiger partial charge in [-0.2, -0.15) is 5.26 Å². The number of hydrogen-bond acceptors (Lipinski definition) is 3. The summed E-state index contributed by atoms with van der Waals surface area (Å²) < 4.78 is 1.88. The van der Waals surface area contributed by atoms with Gasteiger partial charge in [0.1, 0.15) is 17.3 Å². The molecular weight excluding hydrogens is 228 g/mol. The summed E-state index contributed by atoms with van der Waals surface area (Å²) in [5.74, 6) is 0. The maximum atomic E-state index is 11.3. The molecule has 0 aromatic carbocycles. The zero-order chi connectivity index (χ0) is 12.5. The Morgan fingerprint density at radius 1 is 1.33 bits per heavy atom. The summed E-state index contributed by atoms with van der Waals surface area (Å²) in [7, 11) is 0. The topological polar surface area (TPSA) is 74.0 Å². The largest absolute Gasteiger partial charge is 0.327 e. The molecule has 5 nitrogen and oxygen atoms in total. The second-order valence-corrected chi connectivity index (χ2v) is 3.85. The minimum Gasteiger partial charge on any atom is -0.327 e. The number of rotatable bonds is 1. The van der Waals surface area contributed by atoms with Gasteiger partial charge in [-0.1, -0.05) is 0 Å². The van der Waals surface area contributed by atoms with Crippen LogP contribution in [-0.2, 0) is 0 Å². The van der Waals surface area contributed by atoms with E-state index in [4.69, 9.17) is 5.26 Å². The molecule has 0 fully saturated rings. The quantitative estimate of drug-likeness (QED) is 0.696. The Hall–Kier alpha value is -2.87. The van der Waals surface area contributed by atoms with Crippen molar-refractivity contribution in [3.8, 4) is 17.2 Å². The number of fused-ring (bicyclic) bond motifs is 1. The van der Waals surface area contributed by atoms with Gasteiger partial charge in [0, 0.05) is 30.4 Å². The monoisotopic (exact) mass is 236 g/mol. The zero-order valence-electron chi connectivity index (χ0n) is 9.29. The zero-order valence-corrected chi connectivity index (χ0v) is 9.29. The lowest BCUT2D eigenvalue weighted by atomic mass is 10.1. The molecule has 0 radical (unpaired) electrons. The number of aromatic amines is 1.